The van der Waals surface area contributed by atoms with Crippen molar-refractivity contribution in [3.8, 4) is 0 Å². The van der Waals surface area contributed by atoms with Crippen LogP contribution in [0.3, 0.4) is 0 Å². The zero-order valence-corrected chi connectivity index (χ0v) is 13.5. The second-order valence-corrected chi connectivity index (χ2v) is 6.20. The van der Waals surface area contributed by atoms with E-state index < -0.39 is 0 Å². The molecule has 1 fully saturated rings. The Hall–Kier alpha value is -2.11. The highest BCUT2D eigenvalue weighted by atomic mass is 16.2. The van der Waals surface area contributed by atoms with Crippen LogP contribution in [0.15, 0.2) is 10.9 Å². The molecule has 0 saturated carbocycles. The summed E-state index contributed by atoms with van der Waals surface area (Å²) in [6.45, 7) is 8.18. The maximum absolute atomic E-state index is 12.2. The lowest BCUT2D eigenvalue weighted by Gasteiger charge is -2.20. The minimum atomic E-state index is -0.334. The molecule has 120 valence electrons. The number of aryl methyl sites for hydroxylation is 2. The number of pyridine rings is 1. The molecule has 0 bridgehead atoms. The third kappa shape index (κ3) is 3.37. The summed E-state index contributed by atoms with van der Waals surface area (Å²) in [6, 6.07) is 1.98. The van der Waals surface area contributed by atoms with E-state index in [0.717, 1.165) is 11.3 Å². The molecular weight excluding hydrogens is 282 g/mol. The average molecular weight is 305 g/mol. The maximum Gasteiger partial charge on any atom is 0.253 e. The number of nitrogens with zero attached hydrogens (tertiary/aromatic N) is 1. The van der Waals surface area contributed by atoms with Gasteiger partial charge in [-0.15, -0.1) is 0 Å². The number of hydrogen-bond donors (Lipinski definition) is 2. The number of likely N-dealkylation sites (tertiary alicyclic amines) is 1. The number of aromatic amines is 1. The molecule has 6 nitrogen and oxygen atoms in total. The zero-order valence-electron chi connectivity index (χ0n) is 13.5. The van der Waals surface area contributed by atoms with Gasteiger partial charge in [0.25, 0.3) is 5.56 Å². The van der Waals surface area contributed by atoms with Crippen molar-refractivity contribution in [1.29, 1.82) is 0 Å². The first-order chi connectivity index (χ1) is 10.3. The van der Waals surface area contributed by atoms with Crippen LogP contribution in [-0.4, -0.2) is 34.3 Å². The van der Waals surface area contributed by atoms with Gasteiger partial charge in [0.15, 0.2) is 0 Å². The Bertz CT molecular complexity index is 649. The highest BCUT2D eigenvalue weighted by Crippen LogP contribution is 2.20. The Morgan fingerprint density at radius 1 is 1.41 bits per heavy atom. The van der Waals surface area contributed by atoms with Crippen molar-refractivity contribution in [3.63, 3.8) is 0 Å². The fourth-order valence-electron chi connectivity index (χ4n) is 2.83. The molecule has 1 aliphatic rings. The van der Waals surface area contributed by atoms with Crippen LogP contribution in [0.4, 0.5) is 0 Å². The number of hydrogen-bond acceptors (Lipinski definition) is 3. The molecule has 1 aromatic rings. The number of nitrogens with one attached hydrogen (secondary N) is 2. The summed E-state index contributed by atoms with van der Waals surface area (Å²) in [6.07, 6.45) is 0.243. The second kappa shape index (κ2) is 6.34. The van der Waals surface area contributed by atoms with Crippen LogP contribution < -0.4 is 10.9 Å². The van der Waals surface area contributed by atoms with E-state index in [4.69, 9.17) is 0 Å². The summed E-state index contributed by atoms with van der Waals surface area (Å²) in [5, 5.41) is 2.78. The molecule has 2 rings (SSSR count). The SMILES string of the molecule is Cc1cc(C)c(CNC(=O)C2CC(=O)N(C(C)C)C2)c(=O)[nH]1. The summed E-state index contributed by atoms with van der Waals surface area (Å²) < 4.78 is 0. The van der Waals surface area contributed by atoms with Gasteiger partial charge in [0, 0.05) is 36.8 Å². The highest BCUT2D eigenvalue weighted by Gasteiger charge is 2.35. The standard InChI is InChI=1S/C16H23N3O3/c1-9(2)19-8-12(6-14(19)20)15(21)17-7-13-10(3)5-11(4)18-16(13)22/h5,9,12H,6-8H2,1-4H3,(H,17,21)(H,18,22). The van der Waals surface area contributed by atoms with Crippen LogP contribution in [0.1, 0.15) is 37.1 Å². The summed E-state index contributed by atoms with van der Waals surface area (Å²) in [7, 11) is 0. The van der Waals surface area contributed by atoms with E-state index in [9.17, 15) is 14.4 Å². The molecule has 1 aliphatic heterocycles. The first-order valence-corrected chi connectivity index (χ1v) is 7.56. The first kappa shape index (κ1) is 16.3. The van der Waals surface area contributed by atoms with Crippen LogP contribution in [0.25, 0.3) is 0 Å². The molecule has 2 heterocycles. The van der Waals surface area contributed by atoms with Crippen molar-refractivity contribution in [2.45, 2.75) is 46.7 Å². The zero-order chi connectivity index (χ0) is 16.4. The van der Waals surface area contributed by atoms with E-state index in [1.54, 1.807) is 4.90 Å². The van der Waals surface area contributed by atoms with Gasteiger partial charge in [-0.2, -0.15) is 0 Å². The fraction of sp³-hybridized carbons (Fsp3) is 0.562. The fourth-order valence-corrected chi connectivity index (χ4v) is 2.83. The Labute approximate surface area is 129 Å². The van der Waals surface area contributed by atoms with E-state index in [-0.39, 0.29) is 42.3 Å². The molecule has 1 atom stereocenters. The molecule has 1 unspecified atom stereocenters. The van der Waals surface area contributed by atoms with Gasteiger partial charge in [0.2, 0.25) is 11.8 Å². The van der Waals surface area contributed by atoms with E-state index >= 15 is 0 Å². The summed E-state index contributed by atoms with van der Waals surface area (Å²) in [5.74, 6) is -0.491. The molecule has 22 heavy (non-hydrogen) atoms. The Morgan fingerprint density at radius 2 is 2.09 bits per heavy atom. The van der Waals surface area contributed by atoms with Crippen molar-refractivity contribution >= 4 is 11.8 Å². The normalized spacial score (nSPS) is 18.1. The number of H-pyrrole nitrogens is 1. The summed E-state index contributed by atoms with van der Waals surface area (Å²) in [5.41, 5.74) is 2.03. The third-order valence-corrected chi connectivity index (χ3v) is 4.09. The van der Waals surface area contributed by atoms with Gasteiger partial charge >= 0.3 is 0 Å². The van der Waals surface area contributed by atoms with Gasteiger partial charge in [0.05, 0.1) is 5.92 Å². The molecule has 0 aliphatic carbocycles. The molecule has 2 amide bonds. The van der Waals surface area contributed by atoms with Crippen molar-refractivity contribution in [1.82, 2.24) is 15.2 Å². The van der Waals surface area contributed by atoms with Gasteiger partial charge < -0.3 is 15.2 Å². The topological polar surface area (TPSA) is 82.3 Å². The lowest BCUT2D eigenvalue weighted by atomic mass is 10.1. The van der Waals surface area contributed by atoms with Crippen molar-refractivity contribution < 1.29 is 9.59 Å². The molecule has 0 radical (unpaired) electrons. The highest BCUT2D eigenvalue weighted by molar-refractivity contribution is 5.89. The van der Waals surface area contributed by atoms with Crippen LogP contribution in [0.2, 0.25) is 0 Å². The van der Waals surface area contributed by atoms with Crippen LogP contribution in [0.5, 0.6) is 0 Å². The smallest absolute Gasteiger partial charge is 0.253 e. The number of carbonyl (C=O) groups is 2. The lowest BCUT2D eigenvalue weighted by molar-refractivity contribution is -0.130. The summed E-state index contributed by atoms with van der Waals surface area (Å²) >= 11 is 0. The minimum absolute atomic E-state index is 0.0134. The van der Waals surface area contributed by atoms with Gasteiger partial charge in [-0.25, -0.2) is 0 Å². The van der Waals surface area contributed by atoms with E-state index in [0.29, 0.717) is 12.1 Å². The predicted octanol–water partition coefficient (Wildman–Crippen LogP) is 0.865. The third-order valence-electron chi connectivity index (χ3n) is 4.09. The van der Waals surface area contributed by atoms with Crippen LogP contribution in [-0.2, 0) is 16.1 Å². The summed E-state index contributed by atoms with van der Waals surface area (Å²) in [4.78, 5) is 40.4. The number of aromatic nitrogens is 1. The Kier molecular flexibility index (Phi) is 4.68. The molecule has 1 saturated heterocycles. The monoisotopic (exact) mass is 305 g/mol. The maximum atomic E-state index is 12.2. The molecule has 0 spiro atoms. The minimum Gasteiger partial charge on any atom is -0.351 e. The van der Waals surface area contributed by atoms with Gasteiger partial charge in [-0.05, 0) is 39.3 Å². The molecular formula is C16H23N3O3. The van der Waals surface area contributed by atoms with E-state index in [2.05, 4.69) is 10.3 Å². The molecule has 0 aromatic carbocycles. The van der Waals surface area contributed by atoms with Crippen LogP contribution >= 0.6 is 0 Å². The van der Waals surface area contributed by atoms with Crippen molar-refractivity contribution in [3.05, 3.63) is 33.2 Å². The number of rotatable bonds is 4. The predicted molar refractivity (Wildman–Crippen MR) is 83.3 cm³/mol. The van der Waals surface area contributed by atoms with Gasteiger partial charge in [-0.1, -0.05) is 0 Å². The molecule has 2 N–H and O–H groups in total. The Morgan fingerprint density at radius 3 is 2.64 bits per heavy atom. The van der Waals surface area contributed by atoms with Gasteiger partial charge in [0.1, 0.15) is 0 Å². The second-order valence-electron chi connectivity index (χ2n) is 6.20. The number of amides is 2. The van der Waals surface area contributed by atoms with Crippen molar-refractivity contribution in [2.24, 2.45) is 5.92 Å². The molecule has 1 aromatic heterocycles. The molecule has 6 heteroatoms. The quantitative estimate of drug-likeness (QED) is 0.866. The van der Waals surface area contributed by atoms with Crippen molar-refractivity contribution in [2.75, 3.05) is 6.54 Å². The van der Waals surface area contributed by atoms with Crippen LogP contribution in [0, 0.1) is 19.8 Å². The Balaban J connectivity index is 2.00. The van der Waals surface area contributed by atoms with E-state index in [1.807, 2.05) is 33.8 Å². The largest absolute Gasteiger partial charge is 0.351 e. The number of carbonyl (C=O) groups excluding carboxylic acids is 2. The average Bonchev–Trinajstić information content (AvgIpc) is 2.79. The van der Waals surface area contributed by atoms with Gasteiger partial charge in [-0.3, -0.25) is 14.4 Å². The lowest BCUT2D eigenvalue weighted by Crippen LogP contribution is -2.36. The van der Waals surface area contributed by atoms with E-state index in [1.165, 1.54) is 0 Å². The first-order valence-electron chi connectivity index (χ1n) is 7.56.